The Bertz CT molecular complexity index is 837. The smallest absolute Gasteiger partial charge is 0.303 e. The van der Waals surface area contributed by atoms with Crippen molar-refractivity contribution in [3.8, 4) is 11.8 Å². The molecule has 0 aromatic rings. The van der Waals surface area contributed by atoms with E-state index in [1.807, 2.05) is 18.1 Å². The van der Waals surface area contributed by atoms with Crippen LogP contribution in [-0.4, -0.2) is 11.1 Å². The van der Waals surface area contributed by atoms with Gasteiger partial charge in [0.05, 0.1) is 0 Å². The molecule has 188 valence electrons. The lowest BCUT2D eigenvalue weighted by molar-refractivity contribution is -0.137. The quantitative estimate of drug-likeness (QED) is 0.245. The van der Waals surface area contributed by atoms with Gasteiger partial charge in [-0.1, -0.05) is 69.4 Å². The third-order valence-corrected chi connectivity index (χ3v) is 9.91. The lowest BCUT2D eigenvalue weighted by atomic mass is 9.52. The van der Waals surface area contributed by atoms with Crippen molar-refractivity contribution in [1.29, 1.82) is 0 Å². The topological polar surface area (TPSA) is 37.3 Å². The van der Waals surface area contributed by atoms with E-state index >= 15 is 0 Å². The van der Waals surface area contributed by atoms with Crippen LogP contribution in [0.1, 0.15) is 129 Å². The van der Waals surface area contributed by atoms with E-state index in [1.54, 1.807) is 5.57 Å². The third-order valence-electron chi connectivity index (χ3n) is 9.91. The Kier molecular flexibility index (Phi) is 9.01. The van der Waals surface area contributed by atoms with Crippen LogP contribution < -0.4 is 0 Å². The Morgan fingerprint density at radius 2 is 1.76 bits per heavy atom. The number of hydrogen-bond acceptors (Lipinski definition) is 1. The highest BCUT2D eigenvalue weighted by Crippen LogP contribution is 2.64. The zero-order valence-electron chi connectivity index (χ0n) is 22.0. The molecule has 4 aliphatic carbocycles. The lowest BCUT2D eigenvalue weighted by Crippen LogP contribution is -2.43. The maximum absolute atomic E-state index is 10.6. The van der Waals surface area contributed by atoms with Gasteiger partial charge in [0.2, 0.25) is 0 Å². The Hall–Kier alpha value is -1.49. The number of carbonyl (C=O) groups is 1. The predicted molar refractivity (Wildman–Crippen MR) is 141 cm³/mol. The Balaban J connectivity index is 1.35. The molecule has 4 rings (SSSR count). The van der Waals surface area contributed by atoms with E-state index in [9.17, 15) is 4.79 Å². The van der Waals surface area contributed by atoms with E-state index in [0.717, 1.165) is 30.6 Å². The average molecular weight is 465 g/mol. The minimum Gasteiger partial charge on any atom is -0.481 e. The summed E-state index contributed by atoms with van der Waals surface area (Å²) in [7, 11) is 0. The van der Waals surface area contributed by atoms with E-state index in [2.05, 4.69) is 24.8 Å². The third kappa shape index (κ3) is 5.66. The molecule has 0 amide bonds. The van der Waals surface area contributed by atoms with Crippen molar-refractivity contribution in [1.82, 2.24) is 0 Å². The van der Waals surface area contributed by atoms with E-state index in [-0.39, 0.29) is 0 Å². The normalized spacial score (nSPS) is 32.2. The average Bonchev–Trinajstić information content (AvgIpc) is 3.15. The van der Waals surface area contributed by atoms with E-state index < -0.39 is 5.97 Å². The number of hydrogen-bond donors (Lipinski definition) is 1. The van der Waals surface area contributed by atoms with Crippen molar-refractivity contribution in [2.75, 3.05) is 0 Å². The molecule has 0 radical (unpaired) electrons. The van der Waals surface area contributed by atoms with Crippen LogP contribution in [0.15, 0.2) is 22.8 Å². The van der Waals surface area contributed by atoms with Gasteiger partial charge in [0.25, 0.3) is 0 Å². The van der Waals surface area contributed by atoms with Crippen molar-refractivity contribution < 1.29 is 9.90 Å². The van der Waals surface area contributed by atoms with Crippen LogP contribution in [0.4, 0.5) is 0 Å². The molecule has 2 fully saturated rings. The molecular weight excluding hydrogens is 416 g/mol. The molecular formula is C32H48O2. The Morgan fingerprint density at radius 1 is 1.03 bits per heavy atom. The first kappa shape index (κ1) is 25.6. The summed E-state index contributed by atoms with van der Waals surface area (Å²) >= 11 is 0. The number of allylic oxidation sites excluding steroid dienone is 4. The molecule has 2 nitrogen and oxygen atoms in total. The molecule has 2 heteroatoms. The molecule has 0 heterocycles. The molecule has 5 atom stereocenters. The first-order valence-corrected chi connectivity index (χ1v) is 14.6. The van der Waals surface area contributed by atoms with Crippen molar-refractivity contribution >= 4 is 5.97 Å². The Morgan fingerprint density at radius 3 is 2.50 bits per heavy atom. The van der Waals surface area contributed by atoms with E-state index in [4.69, 9.17) is 5.11 Å². The number of carboxylic acids is 1. The van der Waals surface area contributed by atoms with E-state index in [0.29, 0.717) is 17.8 Å². The monoisotopic (exact) mass is 464 g/mol. The molecule has 1 N–H and O–H groups in total. The van der Waals surface area contributed by atoms with Gasteiger partial charge in [0, 0.05) is 12.3 Å². The first-order chi connectivity index (χ1) is 16.5. The molecule has 0 aromatic carbocycles. The summed E-state index contributed by atoms with van der Waals surface area (Å²) in [4.78, 5) is 10.6. The minimum absolute atomic E-state index is 0.335. The second-order valence-corrected chi connectivity index (χ2v) is 12.0. The molecule has 0 spiro atoms. The standard InChI is InChI=1S/C32H48O2/c1-3-14-26-20-22-29-28-21-19-24-15-12-13-17-27(24)31(28)25(23-32(26,29)2)16-10-8-6-4-5-7-9-11-18-30(33)34/h15,25-26,28-29H,4-13,16-23H2,1-2H3,(H,33,34)/t25-,26?,28-,29-,32+/m0/s1. The highest BCUT2D eigenvalue weighted by molar-refractivity contribution is 5.66. The number of aliphatic carboxylic acids is 1. The van der Waals surface area contributed by atoms with Gasteiger partial charge in [-0.15, -0.1) is 5.92 Å². The fourth-order valence-electron chi connectivity index (χ4n) is 8.33. The van der Waals surface area contributed by atoms with Gasteiger partial charge in [-0.05, 0) is 105 Å². The Labute approximate surface area is 209 Å². The van der Waals surface area contributed by atoms with Gasteiger partial charge >= 0.3 is 5.97 Å². The number of unbranched alkanes of at least 4 members (excludes halogenated alkanes) is 7. The zero-order valence-corrected chi connectivity index (χ0v) is 22.0. The summed E-state index contributed by atoms with van der Waals surface area (Å²) in [5.41, 5.74) is 5.91. The van der Waals surface area contributed by atoms with Gasteiger partial charge < -0.3 is 5.11 Å². The van der Waals surface area contributed by atoms with Crippen LogP contribution in [0.2, 0.25) is 0 Å². The minimum atomic E-state index is -0.652. The maximum atomic E-state index is 10.6. The summed E-state index contributed by atoms with van der Waals surface area (Å²) in [6, 6.07) is 0. The molecule has 34 heavy (non-hydrogen) atoms. The lowest BCUT2D eigenvalue weighted by Gasteiger charge is -2.52. The van der Waals surface area contributed by atoms with E-state index in [1.165, 1.54) is 96.3 Å². The predicted octanol–water partition coefficient (Wildman–Crippen LogP) is 8.86. The van der Waals surface area contributed by atoms with Crippen LogP contribution >= 0.6 is 0 Å². The van der Waals surface area contributed by atoms with Crippen LogP contribution in [0.3, 0.4) is 0 Å². The summed E-state index contributed by atoms with van der Waals surface area (Å²) in [5, 5.41) is 8.75. The maximum Gasteiger partial charge on any atom is 0.303 e. The molecule has 0 aliphatic heterocycles. The molecule has 4 aliphatic rings. The summed E-state index contributed by atoms with van der Waals surface area (Å²) in [5.74, 6) is 9.40. The van der Waals surface area contributed by atoms with Crippen molar-refractivity contribution in [2.24, 2.45) is 29.1 Å². The highest BCUT2D eigenvalue weighted by atomic mass is 16.4. The van der Waals surface area contributed by atoms with Gasteiger partial charge in [-0.3, -0.25) is 4.79 Å². The molecule has 0 saturated heterocycles. The van der Waals surface area contributed by atoms with Gasteiger partial charge in [0.15, 0.2) is 0 Å². The van der Waals surface area contributed by atoms with Gasteiger partial charge in [-0.2, -0.15) is 0 Å². The SMILES string of the molecule is CC#CC1CC[C@H]2[C@@H]3CCC4=CCCCC4=C3[C@@H](CCCCCCCCCCC(=O)O)C[C@]12C. The van der Waals surface area contributed by atoms with Crippen molar-refractivity contribution in [3.63, 3.8) is 0 Å². The number of fused-ring (bicyclic) bond motifs is 4. The van der Waals surface area contributed by atoms with Crippen molar-refractivity contribution in [2.45, 2.75) is 129 Å². The van der Waals surface area contributed by atoms with Crippen LogP contribution in [0.5, 0.6) is 0 Å². The summed E-state index contributed by atoms with van der Waals surface area (Å²) in [6.45, 7) is 4.65. The van der Waals surface area contributed by atoms with Crippen LogP contribution in [-0.2, 0) is 4.79 Å². The second-order valence-electron chi connectivity index (χ2n) is 12.0. The summed E-state index contributed by atoms with van der Waals surface area (Å²) < 4.78 is 0. The molecule has 2 saturated carbocycles. The first-order valence-electron chi connectivity index (χ1n) is 14.6. The zero-order chi connectivity index (χ0) is 24.0. The molecule has 1 unspecified atom stereocenters. The fourth-order valence-corrected chi connectivity index (χ4v) is 8.33. The highest BCUT2D eigenvalue weighted by Gasteiger charge is 2.55. The van der Waals surface area contributed by atoms with Gasteiger partial charge in [0.1, 0.15) is 0 Å². The van der Waals surface area contributed by atoms with Crippen molar-refractivity contribution in [3.05, 3.63) is 22.8 Å². The number of rotatable bonds is 11. The van der Waals surface area contributed by atoms with Crippen LogP contribution in [0.25, 0.3) is 0 Å². The largest absolute Gasteiger partial charge is 0.481 e. The molecule has 0 bridgehead atoms. The molecule has 0 aromatic heterocycles. The second kappa shape index (κ2) is 12.0. The van der Waals surface area contributed by atoms with Crippen LogP contribution in [0, 0.1) is 40.9 Å². The summed E-state index contributed by atoms with van der Waals surface area (Å²) in [6.07, 6.45) is 24.9. The number of carboxylic acid groups (broad SMARTS) is 1. The van der Waals surface area contributed by atoms with Gasteiger partial charge in [-0.25, -0.2) is 0 Å². The fraction of sp³-hybridized carbons (Fsp3) is 0.781.